The molecule has 3 N–H and O–H groups in total. The molecule has 2 aromatic rings. The summed E-state index contributed by atoms with van der Waals surface area (Å²) in [5.41, 5.74) is 3.83. The van der Waals surface area contributed by atoms with Gasteiger partial charge in [0.1, 0.15) is 0 Å². The third-order valence-corrected chi connectivity index (χ3v) is 5.43. The van der Waals surface area contributed by atoms with Gasteiger partial charge in [-0.15, -0.1) is 24.0 Å². The number of nitrogens with zero attached hydrogens (tertiary/aromatic N) is 1. The van der Waals surface area contributed by atoms with Crippen molar-refractivity contribution < 1.29 is 4.74 Å². The van der Waals surface area contributed by atoms with Gasteiger partial charge in [-0.25, -0.2) is 0 Å². The summed E-state index contributed by atoms with van der Waals surface area (Å²) >= 11 is 0. The van der Waals surface area contributed by atoms with Gasteiger partial charge in [0.05, 0.1) is 18.2 Å². The summed E-state index contributed by atoms with van der Waals surface area (Å²) in [5.74, 6) is 0.918. The number of benzene rings is 1. The van der Waals surface area contributed by atoms with Crippen LogP contribution >= 0.6 is 24.0 Å². The highest BCUT2D eigenvalue weighted by atomic mass is 127. The van der Waals surface area contributed by atoms with E-state index in [1.54, 1.807) is 0 Å². The highest BCUT2D eigenvalue weighted by Gasteiger charge is 2.41. The van der Waals surface area contributed by atoms with Crippen LogP contribution in [-0.2, 0) is 11.2 Å². The fraction of sp³-hybridized carbons (Fsp3) is 0.550. The lowest BCUT2D eigenvalue weighted by Gasteiger charge is -2.22. The Hall–Kier alpha value is -1.28. The van der Waals surface area contributed by atoms with Gasteiger partial charge in [-0.2, -0.15) is 0 Å². The zero-order chi connectivity index (χ0) is 17.2. The second kappa shape index (κ2) is 8.61. The van der Waals surface area contributed by atoms with Crippen LogP contribution < -0.4 is 10.6 Å². The molecule has 2 fully saturated rings. The average molecular weight is 468 g/mol. The number of aryl methyl sites for hydroxylation is 1. The zero-order valence-corrected chi connectivity index (χ0v) is 17.9. The largest absolute Gasteiger partial charge is 0.373 e. The molecule has 0 spiro atoms. The first kappa shape index (κ1) is 19.5. The minimum atomic E-state index is 0. The van der Waals surface area contributed by atoms with Crippen molar-refractivity contribution in [3.05, 3.63) is 35.5 Å². The number of hydrogen-bond donors (Lipinski definition) is 3. The summed E-state index contributed by atoms with van der Waals surface area (Å²) in [7, 11) is 0. The second-order valence-electron chi connectivity index (χ2n) is 7.15. The number of halogens is 1. The molecule has 2 aliphatic rings. The Morgan fingerprint density at radius 2 is 2.15 bits per heavy atom. The van der Waals surface area contributed by atoms with Gasteiger partial charge in [0, 0.05) is 29.7 Å². The fourth-order valence-corrected chi connectivity index (χ4v) is 4.22. The van der Waals surface area contributed by atoms with Crippen LogP contribution in [0.2, 0.25) is 0 Å². The Morgan fingerprint density at radius 3 is 2.88 bits per heavy atom. The molecular weight excluding hydrogens is 439 g/mol. The van der Waals surface area contributed by atoms with Gasteiger partial charge >= 0.3 is 0 Å². The maximum Gasteiger partial charge on any atom is 0.191 e. The van der Waals surface area contributed by atoms with Crippen molar-refractivity contribution in [1.82, 2.24) is 15.6 Å². The standard InChI is InChI=1S/C20H28N4O.HI/c1-3-21-20(24-18-12-14-8-9-19(18)25-14)22-11-10-15-13(2)23-17-7-5-4-6-16(15)17;/h4-7,14,18-19,23H,3,8-12H2,1-2H3,(H2,21,22,24);1H. The number of aromatic nitrogens is 1. The molecule has 26 heavy (non-hydrogen) atoms. The molecule has 1 aromatic carbocycles. The van der Waals surface area contributed by atoms with Crippen molar-refractivity contribution in [3.63, 3.8) is 0 Å². The van der Waals surface area contributed by atoms with Gasteiger partial charge in [-0.3, -0.25) is 4.99 Å². The highest BCUT2D eigenvalue weighted by molar-refractivity contribution is 14.0. The fourth-order valence-electron chi connectivity index (χ4n) is 4.22. The molecule has 1 aromatic heterocycles. The Labute approximate surface area is 172 Å². The molecule has 0 amide bonds. The van der Waals surface area contributed by atoms with Crippen molar-refractivity contribution in [3.8, 4) is 0 Å². The molecule has 3 heterocycles. The van der Waals surface area contributed by atoms with E-state index in [-0.39, 0.29) is 24.0 Å². The monoisotopic (exact) mass is 468 g/mol. The van der Waals surface area contributed by atoms with Gasteiger partial charge in [0.2, 0.25) is 0 Å². The van der Waals surface area contributed by atoms with Crippen molar-refractivity contribution in [2.24, 2.45) is 4.99 Å². The molecule has 0 radical (unpaired) electrons. The first-order valence-corrected chi connectivity index (χ1v) is 9.51. The molecule has 0 saturated carbocycles. The second-order valence-corrected chi connectivity index (χ2v) is 7.15. The molecule has 3 atom stereocenters. The number of H-pyrrole nitrogens is 1. The van der Waals surface area contributed by atoms with Crippen LogP contribution in [0.3, 0.4) is 0 Å². The molecule has 2 aliphatic heterocycles. The third kappa shape index (κ3) is 4.01. The molecular formula is C20H29IN4O. The van der Waals surface area contributed by atoms with E-state index in [9.17, 15) is 0 Å². The van der Waals surface area contributed by atoms with Crippen LogP contribution in [-0.4, -0.2) is 42.3 Å². The number of para-hydroxylation sites is 1. The van der Waals surface area contributed by atoms with Crippen molar-refractivity contribution >= 4 is 40.8 Å². The number of hydrogen-bond acceptors (Lipinski definition) is 2. The predicted molar refractivity (Wildman–Crippen MR) is 118 cm³/mol. The zero-order valence-electron chi connectivity index (χ0n) is 15.5. The number of rotatable bonds is 5. The van der Waals surface area contributed by atoms with Gasteiger partial charge in [-0.05, 0) is 51.2 Å². The maximum atomic E-state index is 5.94. The van der Waals surface area contributed by atoms with E-state index in [1.165, 1.54) is 35.0 Å². The summed E-state index contributed by atoms with van der Waals surface area (Å²) < 4.78 is 5.94. The topological polar surface area (TPSA) is 61.4 Å². The number of guanidine groups is 1. The van der Waals surface area contributed by atoms with Crippen LogP contribution in [0.25, 0.3) is 10.9 Å². The van der Waals surface area contributed by atoms with Crippen LogP contribution in [0.5, 0.6) is 0 Å². The van der Waals surface area contributed by atoms with Crippen LogP contribution in [0.4, 0.5) is 0 Å². The van der Waals surface area contributed by atoms with E-state index in [0.29, 0.717) is 18.2 Å². The van der Waals surface area contributed by atoms with Crippen molar-refractivity contribution in [2.45, 2.75) is 57.8 Å². The Bertz CT molecular complexity index is 772. The predicted octanol–water partition coefficient (Wildman–Crippen LogP) is 3.51. The number of fused-ring (bicyclic) bond motifs is 3. The lowest BCUT2D eigenvalue weighted by atomic mass is 9.96. The van der Waals surface area contributed by atoms with E-state index in [0.717, 1.165) is 31.9 Å². The van der Waals surface area contributed by atoms with Crippen LogP contribution in [0.1, 0.15) is 37.4 Å². The Balaban J connectivity index is 0.00000196. The third-order valence-electron chi connectivity index (χ3n) is 5.43. The quantitative estimate of drug-likeness (QED) is 0.358. The number of aliphatic imine (C=N–C) groups is 1. The van der Waals surface area contributed by atoms with Gasteiger partial charge in [0.15, 0.2) is 5.96 Å². The molecule has 5 nitrogen and oxygen atoms in total. The molecule has 0 aliphatic carbocycles. The van der Waals surface area contributed by atoms with E-state index in [2.05, 4.69) is 53.7 Å². The summed E-state index contributed by atoms with van der Waals surface area (Å²) in [6.07, 6.45) is 5.27. The first-order valence-electron chi connectivity index (χ1n) is 9.51. The van der Waals surface area contributed by atoms with E-state index >= 15 is 0 Å². The first-order chi connectivity index (χ1) is 12.2. The summed E-state index contributed by atoms with van der Waals surface area (Å²) in [5, 5.41) is 8.28. The number of nitrogens with one attached hydrogen (secondary N) is 3. The smallest absolute Gasteiger partial charge is 0.191 e. The van der Waals surface area contributed by atoms with E-state index in [1.807, 2.05) is 0 Å². The number of ether oxygens (including phenoxy) is 1. The highest BCUT2D eigenvalue weighted by Crippen LogP contribution is 2.34. The Kier molecular flexibility index (Phi) is 6.45. The maximum absolute atomic E-state index is 5.94. The van der Waals surface area contributed by atoms with E-state index in [4.69, 9.17) is 9.73 Å². The van der Waals surface area contributed by atoms with Crippen molar-refractivity contribution in [2.75, 3.05) is 13.1 Å². The van der Waals surface area contributed by atoms with E-state index < -0.39 is 0 Å². The lowest BCUT2D eigenvalue weighted by molar-refractivity contribution is 0.0992. The molecule has 142 valence electrons. The van der Waals surface area contributed by atoms with Gasteiger partial charge in [0.25, 0.3) is 0 Å². The van der Waals surface area contributed by atoms with Crippen molar-refractivity contribution in [1.29, 1.82) is 0 Å². The normalized spacial score (nSPS) is 24.7. The summed E-state index contributed by atoms with van der Waals surface area (Å²) in [4.78, 5) is 8.28. The Morgan fingerprint density at radius 1 is 1.31 bits per heavy atom. The van der Waals surface area contributed by atoms with Crippen LogP contribution in [0, 0.1) is 6.92 Å². The molecule has 2 saturated heterocycles. The molecule has 2 bridgehead atoms. The lowest BCUT2D eigenvalue weighted by Crippen LogP contribution is -2.47. The summed E-state index contributed by atoms with van der Waals surface area (Å²) in [6, 6.07) is 8.91. The summed E-state index contributed by atoms with van der Waals surface area (Å²) in [6.45, 7) is 5.91. The van der Waals surface area contributed by atoms with Gasteiger partial charge in [-0.1, -0.05) is 18.2 Å². The van der Waals surface area contributed by atoms with Crippen LogP contribution in [0.15, 0.2) is 29.3 Å². The molecule has 6 heteroatoms. The van der Waals surface area contributed by atoms with Gasteiger partial charge < -0.3 is 20.4 Å². The molecule has 4 rings (SSSR count). The SMILES string of the molecule is CCNC(=NCCc1c(C)[nH]c2ccccc12)NC1CC2CCC1O2.I. The minimum absolute atomic E-state index is 0. The molecule has 3 unspecified atom stereocenters. The average Bonchev–Trinajstić information content (AvgIpc) is 3.30. The minimum Gasteiger partial charge on any atom is -0.373 e. The number of aromatic amines is 1.